The fraction of sp³-hybridized carbons (Fsp3) is 0.250. The molecule has 98 valence electrons. The van der Waals surface area contributed by atoms with Crippen LogP contribution >= 0.6 is 11.6 Å². The molecule has 0 unspecified atom stereocenters. The van der Waals surface area contributed by atoms with Gasteiger partial charge in [0.1, 0.15) is 0 Å². The third kappa shape index (κ3) is 3.10. The summed E-state index contributed by atoms with van der Waals surface area (Å²) in [6.45, 7) is 0. The van der Waals surface area contributed by atoms with Crippen LogP contribution in [0.1, 0.15) is 10.5 Å². The Morgan fingerprint density at radius 2 is 2.00 bits per heavy atom. The molecule has 0 aliphatic rings. The van der Waals surface area contributed by atoms with Crippen molar-refractivity contribution in [1.29, 1.82) is 0 Å². The van der Waals surface area contributed by atoms with Gasteiger partial charge >= 0.3 is 0 Å². The molecule has 18 heavy (non-hydrogen) atoms. The third-order valence-corrected chi connectivity index (χ3v) is 2.04. The van der Waals surface area contributed by atoms with Gasteiger partial charge in [0.2, 0.25) is 5.96 Å². The maximum atomic E-state index is 11.6. The van der Waals surface area contributed by atoms with Crippen molar-refractivity contribution in [3.05, 3.63) is 10.8 Å². The maximum Gasteiger partial charge on any atom is 0.293 e. The van der Waals surface area contributed by atoms with Gasteiger partial charge in [-0.15, -0.1) is 5.10 Å². The maximum absolute atomic E-state index is 11.6. The summed E-state index contributed by atoms with van der Waals surface area (Å²) in [5.41, 5.74) is 17.6. The lowest BCUT2D eigenvalue weighted by molar-refractivity contribution is 0.0950. The van der Waals surface area contributed by atoms with E-state index in [2.05, 4.69) is 20.5 Å². The van der Waals surface area contributed by atoms with E-state index in [4.69, 9.17) is 28.8 Å². The molecule has 1 rings (SSSR count). The molecule has 0 bridgehead atoms. The highest BCUT2D eigenvalue weighted by Crippen LogP contribution is 2.22. The number of nitrogens with one attached hydrogen (secondary N) is 1. The van der Waals surface area contributed by atoms with Gasteiger partial charge in [0.05, 0.1) is 0 Å². The Hall–Kier alpha value is -2.29. The zero-order chi connectivity index (χ0) is 13.9. The van der Waals surface area contributed by atoms with Crippen molar-refractivity contribution in [2.24, 2.45) is 16.6 Å². The Kier molecular flexibility index (Phi) is 4.10. The number of hydrogen-bond acceptors (Lipinski definition) is 6. The van der Waals surface area contributed by atoms with E-state index in [0.717, 1.165) is 0 Å². The van der Waals surface area contributed by atoms with Crippen molar-refractivity contribution in [3.63, 3.8) is 0 Å². The molecule has 0 saturated carbocycles. The van der Waals surface area contributed by atoms with Gasteiger partial charge in [-0.2, -0.15) is 0 Å². The second-order valence-corrected chi connectivity index (χ2v) is 3.80. The van der Waals surface area contributed by atoms with Crippen LogP contribution in [0, 0.1) is 0 Å². The fourth-order valence-corrected chi connectivity index (χ4v) is 1.33. The minimum atomic E-state index is -0.708. The van der Waals surface area contributed by atoms with Crippen LogP contribution in [0.4, 0.5) is 11.6 Å². The van der Waals surface area contributed by atoms with Gasteiger partial charge in [0, 0.05) is 14.1 Å². The van der Waals surface area contributed by atoms with E-state index in [1.165, 1.54) is 0 Å². The number of guanidine groups is 1. The number of halogens is 1. The minimum absolute atomic E-state index is 0.0454. The molecule has 9 nitrogen and oxygen atoms in total. The Labute approximate surface area is 108 Å². The van der Waals surface area contributed by atoms with Gasteiger partial charge in [0.25, 0.3) is 5.91 Å². The Morgan fingerprint density at radius 1 is 1.39 bits per heavy atom. The first-order chi connectivity index (χ1) is 8.32. The zero-order valence-electron chi connectivity index (χ0n) is 9.81. The molecule has 0 radical (unpaired) electrons. The number of nitrogens with zero attached hydrogens (tertiary/aromatic N) is 4. The normalized spacial score (nSPS) is 9.72. The molecule has 1 aromatic rings. The lowest BCUT2D eigenvalue weighted by Crippen LogP contribution is -2.30. The lowest BCUT2D eigenvalue weighted by Gasteiger charge is -2.14. The SMILES string of the molecule is CN(C)c1nc(N)c(C(=O)NN=C(N)N)nc1Cl. The number of anilines is 2. The van der Waals surface area contributed by atoms with E-state index in [1.807, 2.05) is 0 Å². The lowest BCUT2D eigenvalue weighted by atomic mass is 10.4. The van der Waals surface area contributed by atoms with Gasteiger partial charge in [0.15, 0.2) is 22.5 Å². The number of carbonyl (C=O) groups excluding carboxylic acids is 1. The molecule has 1 heterocycles. The number of hydrazone groups is 1. The number of carbonyl (C=O) groups is 1. The summed E-state index contributed by atoms with van der Waals surface area (Å²) in [5, 5.41) is 3.37. The Balaban J connectivity index is 3.08. The van der Waals surface area contributed by atoms with Crippen molar-refractivity contribution < 1.29 is 4.79 Å². The molecular formula is C8H13ClN8O. The number of hydrogen-bond donors (Lipinski definition) is 4. The smallest absolute Gasteiger partial charge is 0.293 e. The first-order valence-corrected chi connectivity index (χ1v) is 5.10. The number of nitrogen functional groups attached to an aromatic ring is 1. The summed E-state index contributed by atoms with van der Waals surface area (Å²) in [7, 11) is 3.43. The van der Waals surface area contributed by atoms with Crippen molar-refractivity contribution >= 4 is 35.1 Å². The van der Waals surface area contributed by atoms with Crippen molar-refractivity contribution in [3.8, 4) is 0 Å². The molecule has 0 atom stereocenters. The standard InChI is InChI=1S/C8H13ClN8O/c1-17(2)6-4(9)13-3(5(10)14-6)7(18)15-16-8(11)12/h1-2H3,(H2,10,14)(H,15,18)(H4,11,12,16). The molecule has 0 spiro atoms. The van der Waals surface area contributed by atoms with Crippen LogP contribution < -0.4 is 27.5 Å². The van der Waals surface area contributed by atoms with Crippen LogP contribution in [-0.4, -0.2) is 35.9 Å². The number of rotatable bonds is 3. The molecule has 0 fully saturated rings. The second-order valence-electron chi connectivity index (χ2n) is 3.44. The molecule has 0 aromatic carbocycles. The van der Waals surface area contributed by atoms with Crippen LogP contribution in [0.5, 0.6) is 0 Å². The van der Waals surface area contributed by atoms with E-state index in [9.17, 15) is 4.79 Å². The number of amides is 1. The van der Waals surface area contributed by atoms with E-state index in [0.29, 0.717) is 5.82 Å². The highest BCUT2D eigenvalue weighted by Gasteiger charge is 2.17. The van der Waals surface area contributed by atoms with Crippen LogP contribution in [0.25, 0.3) is 0 Å². The van der Waals surface area contributed by atoms with Gasteiger partial charge in [-0.25, -0.2) is 15.4 Å². The van der Waals surface area contributed by atoms with Gasteiger partial charge in [-0.3, -0.25) is 4.79 Å². The number of aromatic nitrogens is 2. The second kappa shape index (κ2) is 5.36. The zero-order valence-corrected chi connectivity index (χ0v) is 10.6. The van der Waals surface area contributed by atoms with Crippen molar-refractivity contribution in [2.45, 2.75) is 0 Å². The molecule has 10 heteroatoms. The van der Waals surface area contributed by atoms with Gasteiger partial charge in [-0.1, -0.05) is 11.6 Å². The molecule has 0 aliphatic heterocycles. The van der Waals surface area contributed by atoms with Crippen LogP contribution in [0.2, 0.25) is 5.15 Å². The molecular weight excluding hydrogens is 260 g/mol. The highest BCUT2D eigenvalue weighted by atomic mass is 35.5. The quantitative estimate of drug-likeness (QED) is 0.303. The average molecular weight is 273 g/mol. The summed E-state index contributed by atoms with van der Waals surface area (Å²) in [6.07, 6.45) is 0. The highest BCUT2D eigenvalue weighted by molar-refractivity contribution is 6.32. The Bertz CT molecular complexity index is 496. The first-order valence-electron chi connectivity index (χ1n) is 4.72. The van der Waals surface area contributed by atoms with E-state index in [1.54, 1.807) is 19.0 Å². The van der Waals surface area contributed by atoms with E-state index >= 15 is 0 Å². The van der Waals surface area contributed by atoms with E-state index < -0.39 is 5.91 Å². The first kappa shape index (κ1) is 13.8. The summed E-state index contributed by atoms with van der Waals surface area (Å²) >= 11 is 5.87. The summed E-state index contributed by atoms with van der Waals surface area (Å²) in [6, 6.07) is 0. The van der Waals surface area contributed by atoms with Crippen LogP contribution in [0.15, 0.2) is 5.10 Å². The third-order valence-electron chi connectivity index (χ3n) is 1.79. The largest absolute Gasteiger partial charge is 0.382 e. The molecule has 7 N–H and O–H groups in total. The molecule has 0 aliphatic carbocycles. The van der Waals surface area contributed by atoms with Crippen LogP contribution in [-0.2, 0) is 0 Å². The topological polar surface area (TPSA) is 149 Å². The van der Waals surface area contributed by atoms with Crippen molar-refractivity contribution in [1.82, 2.24) is 15.4 Å². The minimum Gasteiger partial charge on any atom is -0.382 e. The molecule has 1 aromatic heterocycles. The Morgan fingerprint density at radius 3 is 2.50 bits per heavy atom. The predicted molar refractivity (Wildman–Crippen MR) is 69.1 cm³/mol. The monoisotopic (exact) mass is 272 g/mol. The van der Waals surface area contributed by atoms with Gasteiger partial charge < -0.3 is 22.1 Å². The number of nitrogens with two attached hydrogens (primary N) is 3. The van der Waals surface area contributed by atoms with Gasteiger partial charge in [-0.05, 0) is 0 Å². The molecule has 0 saturated heterocycles. The predicted octanol–water partition coefficient (Wildman–Crippen LogP) is -1.30. The average Bonchev–Trinajstić information content (AvgIpc) is 2.28. The summed E-state index contributed by atoms with van der Waals surface area (Å²) in [5.74, 6) is -0.731. The summed E-state index contributed by atoms with van der Waals surface area (Å²) in [4.78, 5) is 21.0. The summed E-state index contributed by atoms with van der Waals surface area (Å²) < 4.78 is 0. The fourth-order valence-electron chi connectivity index (χ4n) is 1.04. The van der Waals surface area contributed by atoms with Crippen molar-refractivity contribution in [2.75, 3.05) is 24.7 Å². The molecule has 1 amide bonds. The van der Waals surface area contributed by atoms with Crippen LogP contribution in [0.3, 0.4) is 0 Å². The van der Waals surface area contributed by atoms with E-state index in [-0.39, 0.29) is 22.6 Å².